The van der Waals surface area contributed by atoms with Gasteiger partial charge in [-0.3, -0.25) is 0 Å². The van der Waals surface area contributed by atoms with E-state index in [0.29, 0.717) is 11.8 Å². The molecule has 0 spiro atoms. The highest BCUT2D eigenvalue weighted by Gasteiger charge is 2.28. The summed E-state index contributed by atoms with van der Waals surface area (Å²) in [4.78, 5) is 18.5. The Morgan fingerprint density at radius 1 is 1.35 bits per heavy atom. The molecule has 1 atom stereocenters. The van der Waals surface area contributed by atoms with E-state index in [9.17, 15) is 0 Å². The van der Waals surface area contributed by atoms with Crippen LogP contribution in [0.5, 0.6) is 0 Å². The molecule has 1 aliphatic rings. The standard InChI is InChI=1S/C15H18N6OS/c1-20(2)15-18-13(22-19-15)10-4-3-6-21(8-10)12-11-5-7-23-14(11)17-9-16-12/h5,7,9-10H,3-4,6,8H2,1-2H3. The van der Waals surface area contributed by atoms with Gasteiger partial charge in [-0.2, -0.15) is 4.98 Å². The van der Waals surface area contributed by atoms with Crippen LogP contribution in [0.1, 0.15) is 24.7 Å². The first-order valence-corrected chi connectivity index (χ1v) is 8.54. The SMILES string of the molecule is CN(C)c1noc(C2CCCN(c3ncnc4sccc34)C2)n1. The van der Waals surface area contributed by atoms with Crippen molar-refractivity contribution in [2.75, 3.05) is 37.0 Å². The van der Waals surface area contributed by atoms with E-state index in [2.05, 4.69) is 36.5 Å². The lowest BCUT2D eigenvalue weighted by molar-refractivity contribution is 0.333. The molecule has 4 rings (SSSR count). The molecule has 0 bridgehead atoms. The second kappa shape index (κ2) is 5.77. The quantitative estimate of drug-likeness (QED) is 0.730. The Morgan fingerprint density at radius 2 is 2.26 bits per heavy atom. The van der Waals surface area contributed by atoms with Crippen LogP contribution < -0.4 is 9.80 Å². The molecule has 7 nitrogen and oxygen atoms in total. The second-order valence-corrected chi connectivity index (χ2v) is 6.84. The minimum Gasteiger partial charge on any atom is -0.355 e. The average Bonchev–Trinajstić information content (AvgIpc) is 3.24. The van der Waals surface area contributed by atoms with Crippen LogP contribution in [0.15, 0.2) is 22.3 Å². The van der Waals surface area contributed by atoms with Crippen molar-refractivity contribution in [3.63, 3.8) is 0 Å². The van der Waals surface area contributed by atoms with Crippen LogP contribution >= 0.6 is 11.3 Å². The Kier molecular flexibility index (Phi) is 3.60. The number of thiophene rings is 1. The predicted molar refractivity (Wildman–Crippen MR) is 90.2 cm³/mol. The zero-order chi connectivity index (χ0) is 15.8. The minimum absolute atomic E-state index is 0.244. The number of hydrogen-bond donors (Lipinski definition) is 0. The van der Waals surface area contributed by atoms with Crippen LogP contribution in [0.25, 0.3) is 10.2 Å². The van der Waals surface area contributed by atoms with E-state index in [0.717, 1.165) is 42.0 Å². The van der Waals surface area contributed by atoms with Crippen molar-refractivity contribution >= 4 is 33.3 Å². The number of aromatic nitrogens is 4. The second-order valence-electron chi connectivity index (χ2n) is 5.95. The molecule has 0 N–H and O–H groups in total. The normalized spacial score (nSPS) is 18.5. The summed E-state index contributed by atoms with van der Waals surface area (Å²) in [7, 11) is 3.83. The van der Waals surface area contributed by atoms with E-state index < -0.39 is 0 Å². The fourth-order valence-corrected chi connectivity index (χ4v) is 3.70. The van der Waals surface area contributed by atoms with Crippen LogP contribution in [-0.4, -0.2) is 47.3 Å². The Morgan fingerprint density at radius 3 is 3.09 bits per heavy atom. The first kappa shape index (κ1) is 14.4. The summed E-state index contributed by atoms with van der Waals surface area (Å²) in [6.07, 6.45) is 3.79. The topological polar surface area (TPSA) is 71.2 Å². The number of nitrogens with zero attached hydrogens (tertiary/aromatic N) is 6. The highest BCUT2D eigenvalue weighted by molar-refractivity contribution is 7.16. The summed E-state index contributed by atoms with van der Waals surface area (Å²) in [6, 6.07) is 2.09. The van der Waals surface area contributed by atoms with Crippen LogP contribution in [0.4, 0.5) is 11.8 Å². The van der Waals surface area contributed by atoms with Crippen molar-refractivity contribution < 1.29 is 4.52 Å². The maximum Gasteiger partial charge on any atom is 0.265 e. The molecule has 3 aromatic heterocycles. The van der Waals surface area contributed by atoms with E-state index in [-0.39, 0.29) is 5.92 Å². The molecule has 0 amide bonds. The molecule has 0 aromatic carbocycles. The third kappa shape index (κ3) is 2.63. The highest BCUT2D eigenvalue weighted by Crippen LogP contribution is 2.33. The lowest BCUT2D eigenvalue weighted by Crippen LogP contribution is -2.35. The van der Waals surface area contributed by atoms with Gasteiger partial charge in [-0.05, 0) is 29.4 Å². The van der Waals surface area contributed by atoms with Gasteiger partial charge in [0.1, 0.15) is 17.0 Å². The molecule has 3 aromatic rings. The number of hydrogen-bond acceptors (Lipinski definition) is 8. The minimum atomic E-state index is 0.244. The number of piperidine rings is 1. The molecular weight excluding hydrogens is 312 g/mol. The fourth-order valence-electron chi connectivity index (χ4n) is 2.97. The van der Waals surface area contributed by atoms with Crippen molar-refractivity contribution in [2.45, 2.75) is 18.8 Å². The Hall–Kier alpha value is -2.22. The van der Waals surface area contributed by atoms with Gasteiger partial charge in [0, 0.05) is 27.2 Å². The molecule has 1 fully saturated rings. The lowest BCUT2D eigenvalue weighted by atomic mass is 9.98. The largest absolute Gasteiger partial charge is 0.355 e. The van der Waals surface area contributed by atoms with E-state index in [1.54, 1.807) is 17.7 Å². The first-order valence-electron chi connectivity index (χ1n) is 7.66. The van der Waals surface area contributed by atoms with Crippen molar-refractivity contribution in [3.05, 3.63) is 23.7 Å². The molecule has 0 aliphatic carbocycles. The van der Waals surface area contributed by atoms with Gasteiger partial charge in [-0.25, -0.2) is 9.97 Å². The summed E-state index contributed by atoms with van der Waals surface area (Å²) in [5.74, 6) is 2.59. The van der Waals surface area contributed by atoms with Gasteiger partial charge in [0.15, 0.2) is 0 Å². The van der Waals surface area contributed by atoms with Crippen molar-refractivity contribution in [3.8, 4) is 0 Å². The van der Waals surface area contributed by atoms with E-state index >= 15 is 0 Å². The smallest absolute Gasteiger partial charge is 0.265 e. The van der Waals surface area contributed by atoms with Gasteiger partial charge in [0.25, 0.3) is 5.95 Å². The molecule has 0 saturated carbocycles. The van der Waals surface area contributed by atoms with E-state index in [1.807, 2.05) is 19.0 Å². The zero-order valence-corrected chi connectivity index (χ0v) is 14.0. The summed E-state index contributed by atoms with van der Waals surface area (Å²) in [5, 5.41) is 7.21. The van der Waals surface area contributed by atoms with Crippen LogP contribution in [0.2, 0.25) is 0 Å². The summed E-state index contributed by atoms with van der Waals surface area (Å²) >= 11 is 1.65. The van der Waals surface area contributed by atoms with Gasteiger partial charge in [0.2, 0.25) is 5.89 Å². The average molecular weight is 330 g/mol. The third-order valence-corrected chi connectivity index (χ3v) is 4.96. The van der Waals surface area contributed by atoms with Crippen LogP contribution in [0, 0.1) is 0 Å². The molecule has 4 heterocycles. The maximum atomic E-state index is 5.46. The summed E-state index contributed by atoms with van der Waals surface area (Å²) in [6.45, 7) is 1.84. The number of rotatable bonds is 3. The Bertz CT molecular complexity index is 813. The third-order valence-electron chi connectivity index (χ3n) is 4.14. The van der Waals surface area contributed by atoms with Gasteiger partial charge >= 0.3 is 0 Å². The number of fused-ring (bicyclic) bond motifs is 1. The molecular formula is C15H18N6OS. The van der Waals surface area contributed by atoms with E-state index in [4.69, 9.17) is 4.52 Å². The molecule has 1 unspecified atom stereocenters. The van der Waals surface area contributed by atoms with Gasteiger partial charge < -0.3 is 14.3 Å². The van der Waals surface area contributed by atoms with Crippen molar-refractivity contribution in [1.29, 1.82) is 0 Å². The summed E-state index contributed by atoms with van der Waals surface area (Å²) in [5.41, 5.74) is 0. The Labute approximate surface area is 138 Å². The molecule has 1 saturated heterocycles. The zero-order valence-electron chi connectivity index (χ0n) is 13.1. The predicted octanol–water partition coefficient (Wildman–Crippen LogP) is 2.52. The molecule has 0 radical (unpaired) electrons. The fraction of sp³-hybridized carbons (Fsp3) is 0.467. The Balaban J connectivity index is 1.60. The lowest BCUT2D eigenvalue weighted by Gasteiger charge is -2.32. The van der Waals surface area contributed by atoms with Crippen LogP contribution in [0.3, 0.4) is 0 Å². The van der Waals surface area contributed by atoms with Crippen LogP contribution in [-0.2, 0) is 0 Å². The first-order chi connectivity index (χ1) is 11.2. The molecule has 120 valence electrons. The highest BCUT2D eigenvalue weighted by atomic mass is 32.1. The van der Waals surface area contributed by atoms with Gasteiger partial charge in [-0.1, -0.05) is 0 Å². The van der Waals surface area contributed by atoms with E-state index in [1.165, 1.54) is 0 Å². The molecule has 8 heteroatoms. The maximum absolute atomic E-state index is 5.46. The monoisotopic (exact) mass is 330 g/mol. The van der Waals surface area contributed by atoms with Crippen molar-refractivity contribution in [1.82, 2.24) is 20.1 Å². The van der Waals surface area contributed by atoms with Gasteiger partial charge in [0.05, 0.1) is 11.3 Å². The number of anilines is 2. The van der Waals surface area contributed by atoms with Gasteiger partial charge in [-0.15, -0.1) is 11.3 Å². The van der Waals surface area contributed by atoms with Crippen molar-refractivity contribution in [2.24, 2.45) is 0 Å². The molecule has 23 heavy (non-hydrogen) atoms. The summed E-state index contributed by atoms with van der Waals surface area (Å²) < 4.78 is 5.46. The molecule has 1 aliphatic heterocycles.